The molecule has 0 aromatic heterocycles. The van der Waals surface area contributed by atoms with Gasteiger partial charge in [-0.05, 0) is 0 Å². The summed E-state index contributed by atoms with van der Waals surface area (Å²) in [6.07, 6.45) is 0. The highest BCUT2D eigenvalue weighted by atomic mass is 16.6. The predicted molar refractivity (Wildman–Crippen MR) is 40.7 cm³/mol. The first-order valence-electron chi connectivity index (χ1n) is 3.50. The van der Waals surface area contributed by atoms with Crippen molar-refractivity contribution in [1.29, 1.82) is 0 Å². The van der Waals surface area contributed by atoms with Gasteiger partial charge in [-0.25, -0.2) is 0 Å². The van der Waals surface area contributed by atoms with E-state index in [1.54, 1.807) is 5.98 Å². The van der Waals surface area contributed by atoms with Crippen molar-refractivity contribution in [3.05, 3.63) is 12.6 Å². The molecule has 1 aliphatic heterocycles. The summed E-state index contributed by atoms with van der Waals surface area (Å²) in [5.41, 5.74) is 0. The molecule has 1 heterocycles. The zero-order chi connectivity index (χ0) is 7.23. The molecule has 0 radical (unpaired) electrons. The molecular formula is C6H12BNO2. The summed E-state index contributed by atoms with van der Waals surface area (Å²) in [4.78, 5) is 0. The molecule has 10 heavy (non-hydrogen) atoms. The molecule has 4 heteroatoms. The lowest BCUT2D eigenvalue weighted by molar-refractivity contribution is 0.186. The molecule has 1 aliphatic rings. The Morgan fingerprint density at radius 2 is 1.90 bits per heavy atom. The Kier molecular flexibility index (Phi) is 3.50. The van der Waals surface area contributed by atoms with Gasteiger partial charge in [0.05, 0.1) is 0 Å². The van der Waals surface area contributed by atoms with Crippen molar-refractivity contribution >= 4 is 7.12 Å². The smallest absolute Gasteiger partial charge is 0.406 e. The van der Waals surface area contributed by atoms with Crippen LogP contribution in [-0.2, 0) is 9.31 Å². The minimum atomic E-state index is -0.206. The zero-order valence-corrected chi connectivity index (χ0v) is 6.01. The van der Waals surface area contributed by atoms with E-state index in [1.165, 1.54) is 0 Å². The Morgan fingerprint density at radius 3 is 2.40 bits per heavy atom. The summed E-state index contributed by atoms with van der Waals surface area (Å²) in [5.74, 6) is 1.67. The van der Waals surface area contributed by atoms with Crippen LogP contribution in [0, 0.1) is 0 Å². The summed E-state index contributed by atoms with van der Waals surface area (Å²) in [5, 5.41) is 3.15. The number of hydrogen-bond acceptors (Lipinski definition) is 3. The van der Waals surface area contributed by atoms with Crippen LogP contribution in [0.15, 0.2) is 12.6 Å². The Labute approximate surface area is 61.5 Å². The van der Waals surface area contributed by atoms with Crippen molar-refractivity contribution in [2.24, 2.45) is 0 Å². The first-order chi connectivity index (χ1) is 4.93. The lowest BCUT2D eigenvalue weighted by Crippen LogP contribution is -2.34. The van der Waals surface area contributed by atoms with Crippen LogP contribution in [0.2, 0.25) is 0 Å². The van der Waals surface area contributed by atoms with Gasteiger partial charge in [0.2, 0.25) is 0 Å². The van der Waals surface area contributed by atoms with Crippen LogP contribution in [0.25, 0.3) is 0 Å². The Bertz CT molecular complexity index is 102. The van der Waals surface area contributed by atoms with E-state index in [4.69, 9.17) is 9.31 Å². The predicted octanol–water partition coefficient (Wildman–Crippen LogP) is -0.164. The number of rotatable bonds is 1. The molecule has 0 bridgehead atoms. The van der Waals surface area contributed by atoms with E-state index in [2.05, 4.69) is 11.9 Å². The van der Waals surface area contributed by atoms with E-state index in [-0.39, 0.29) is 7.12 Å². The van der Waals surface area contributed by atoms with Gasteiger partial charge in [0.25, 0.3) is 0 Å². The van der Waals surface area contributed by atoms with Gasteiger partial charge in [0.1, 0.15) is 0 Å². The maximum Gasteiger partial charge on any atom is 0.485 e. The highest BCUT2D eigenvalue weighted by Gasteiger charge is 2.13. The topological polar surface area (TPSA) is 30.5 Å². The maximum atomic E-state index is 5.23. The van der Waals surface area contributed by atoms with Gasteiger partial charge in [-0.3, -0.25) is 0 Å². The fourth-order valence-electron chi connectivity index (χ4n) is 0.804. The van der Waals surface area contributed by atoms with Gasteiger partial charge in [-0.2, -0.15) is 0 Å². The highest BCUT2D eigenvalue weighted by Crippen LogP contribution is 1.91. The molecule has 0 amide bonds. The fourth-order valence-corrected chi connectivity index (χ4v) is 0.804. The molecule has 3 nitrogen and oxygen atoms in total. The third-order valence-corrected chi connectivity index (χ3v) is 1.31. The van der Waals surface area contributed by atoms with Gasteiger partial charge in [-0.1, -0.05) is 5.98 Å². The van der Waals surface area contributed by atoms with Crippen LogP contribution in [0.4, 0.5) is 0 Å². The van der Waals surface area contributed by atoms with Gasteiger partial charge < -0.3 is 14.6 Å². The Hall–Kier alpha value is -0.315. The van der Waals surface area contributed by atoms with Gasteiger partial charge in [0, 0.05) is 26.3 Å². The number of nitrogens with one attached hydrogen (secondary N) is 1. The number of hydrogen-bond donors (Lipinski definition) is 1. The highest BCUT2D eigenvalue weighted by molar-refractivity contribution is 6.50. The summed E-state index contributed by atoms with van der Waals surface area (Å²) in [7, 11) is -0.206. The molecule has 0 saturated carbocycles. The molecule has 0 aromatic carbocycles. The molecule has 56 valence electrons. The molecular weight excluding hydrogens is 129 g/mol. The van der Waals surface area contributed by atoms with Crippen molar-refractivity contribution in [1.82, 2.24) is 5.32 Å². The Balaban J connectivity index is 2.22. The molecule has 0 aromatic rings. The standard InChI is InChI=1S/C6H12BNO2/c1-2-7-9-5-3-8-4-6-10-7/h2,8H,1,3-6H2. The SMILES string of the molecule is C=CB1OCCNCCO1. The van der Waals surface area contributed by atoms with Gasteiger partial charge in [0.15, 0.2) is 0 Å². The largest absolute Gasteiger partial charge is 0.485 e. The lowest BCUT2D eigenvalue weighted by Gasteiger charge is -2.15. The molecule has 0 aliphatic carbocycles. The van der Waals surface area contributed by atoms with Crippen LogP contribution in [-0.4, -0.2) is 33.4 Å². The zero-order valence-electron chi connectivity index (χ0n) is 6.01. The lowest BCUT2D eigenvalue weighted by atomic mass is 9.91. The first kappa shape index (κ1) is 7.79. The van der Waals surface area contributed by atoms with E-state index in [0.717, 1.165) is 13.1 Å². The summed E-state index contributed by atoms with van der Waals surface area (Å²) in [6, 6.07) is 0. The first-order valence-corrected chi connectivity index (χ1v) is 3.50. The van der Waals surface area contributed by atoms with Crippen LogP contribution in [0.1, 0.15) is 0 Å². The van der Waals surface area contributed by atoms with Crippen LogP contribution >= 0.6 is 0 Å². The average molecular weight is 141 g/mol. The minimum absolute atomic E-state index is 0.206. The van der Waals surface area contributed by atoms with Gasteiger partial charge in [-0.15, -0.1) is 6.58 Å². The van der Waals surface area contributed by atoms with Crippen molar-refractivity contribution in [2.75, 3.05) is 26.3 Å². The third kappa shape index (κ3) is 2.52. The fraction of sp³-hybridized carbons (Fsp3) is 0.667. The molecule has 0 unspecified atom stereocenters. The second-order valence-corrected chi connectivity index (χ2v) is 2.10. The molecule has 1 rings (SSSR count). The van der Waals surface area contributed by atoms with Crippen molar-refractivity contribution in [3.63, 3.8) is 0 Å². The van der Waals surface area contributed by atoms with E-state index in [0.29, 0.717) is 13.2 Å². The molecule has 1 fully saturated rings. The third-order valence-electron chi connectivity index (χ3n) is 1.31. The second kappa shape index (κ2) is 4.49. The molecule has 0 spiro atoms. The normalized spacial score (nSPS) is 21.4. The van der Waals surface area contributed by atoms with E-state index in [9.17, 15) is 0 Å². The maximum absolute atomic E-state index is 5.23. The summed E-state index contributed by atoms with van der Waals surface area (Å²) < 4.78 is 10.5. The van der Waals surface area contributed by atoms with E-state index < -0.39 is 0 Å². The van der Waals surface area contributed by atoms with E-state index >= 15 is 0 Å². The molecule has 0 atom stereocenters. The average Bonchev–Trinajstić information content (AvgIpc) is 1.87. The van der Waals surface area contributed by atoms with Crippen LogP contribution in [0.5, 0.6) is 0 Å². The van der Waals surface area contributed by atoms with Crippen molar-refractivity contribution in [3.8, 4) is 0 Å². The summed E-state index contributed by atoms with van der Waals surface area (Å²) >= 11 is 0. The van der Waals surface area contributed by atoms with E-state index in [1.807, 2.05) is 0 Å². The monoisotopic (exact) mass is 141 g/mol. The second-order valence-electron chi connectivity index (χ2n) is 2.10. The molecule has 1 N–H and O–H groups in total. The quantitative estimate of drug-likeness (QED) is 0.514. The summed E-state index contributed by atoms with van der Waals surface area (Å²) in [6.45, 7) is 6.76. The van der Waals surface area contributed by atoms with Crippen molar-refractivity contribution < 1.29 is 9.31 Å². The van der Waals surface area contributed by atoms with Gasteiger partial charge >= 0.3 is 7.12 Å². The Morgan fingerprint density at radius 1 is 1.30 bits per heavy atom. The van der Waals surface area contributed by atoms with Crippen LogP contribution in [0.3, 0.4) is 0 Å². The molecule has 1 saturated heterocycles. The van der Waals surface area contributed by atoms with Crippen LogP contribution < -0.4 is 5.32 Å². The van der Waals surface area contributed by atoms with Crippen molar-refractivity contribution in [2.45, 2.75) is 0 Å². The minimum Gasteiger partial charge on any atom is -0.406 e.